The molecule has 0 spiro atoms. The van der Waals surface area contributed by atoms with Gasteiger partial charge >= 0.3 is 0 Å². The van der Waals surface area contributed by atoms with E-state index in [0.29, 0.717) is 27.8 Å². The van der Waals surface area contributed by atoms with Crippen LogP contribution in [0.3, 0.4) is 0 Å². The number of hydrogen-bond donors (Lipinski definition) is 1. The Morgan fingerprint density at radius 3 is 2.39 bits per heavy atom. The number of fused-ring (bicyclic) bond motifs is 2. The van der Waals surface area contributed by atoms with E-state index in [1.54, 1.807) is 37.1 Å². The predicted octanol–water partition coefficient (Wildman–Crippen LogP) is 5.11. The Bertz CT molecular complexity index is 1260. The van der Waals surface area contributed by atoms with Crippen LogP contribution in [0.25, 0.3) is 10.8 Å². The van der Waals surface area contributed by atoms with Crippen molar-refractivity contribution in [2.24, 2.45) is 0 Å². The summed E-state index contributed by atoms with van der Waals surface area (Å²) in [6, 6.07) is 9.80. The van der Waals surface area contributed by atoms with Crippen molar-refractivity contribution < 1.29 is 14.3 Å². The predicted molar refractivity (Wildman–Crippen MR) is 131 cm³/mol. The monoisotopic (exact) mass is 448 g/mol. The number of aryl methyl sites for hydroxylation is 2. The zero-order valence-corrected chi connectivity index (χ0v) is 20.0. The molecule has 0 saturated carbocycles. The maximum atomic E-state index is 13.6. The number of nitrogens with zero attached hydrogens (tertiary/aromatic N) is 1. The Kier molecular flexibility index (Phi) is 6.45. The summed E-state index contributed by atoms with van der Waals surface area (Å²) in [5.74, 6) is 0.766. The number of nitrogens with one attached hydrogen (secondary N) is 1. The third-order valence-electron chi connectivity index (χ3n) is 6.81. The van der Waals surface area contributed by atoms with Crippen LogP contribution in [-0.4, -0.2) is 24.7 Å². The minimum Gasteiger partial charge on any atom is -0.493 e. The fourth-order valence-corrected chi connectivity index (χ4v) is 4.93. The normalized spacial score (nSPS) is 15.0. The number of methoxy groups -OCH3 is 2. The zero-order valence-electron chi connectivity index (χ0n) is 20.0. The van der Waals surface area contributed by atoms with Crippen molar-refractivity contribution in [3.8, 4) is 11.5 Å². The summed E-state index contributed by atoms with van der Waals surface area (Å²) in [7, 11) is 3.09. The first-order valence-corrected chi connectivity index (χ1v) is 11.6. The highest BCUT2D eigenvalue weighted by Crippen LogP contribution is 2.35. The molecule has 174 valence electrons. The standard InChI is InChI=1S/C27H32N2O4/c1-6-18(7-2)29-15-22(20-13-24(32-4)25(33-5)14-21(20)27(29)31)26(30)28-23-11-10-17-9-8-16(3)12-19(17)23/h8-9,12-15,18,23H,6-7,10-11H2,1-5H3,(H,28,30). The molecule has 33 heavy (non-hydrogen) atoms. The zero-order chi connectivity index (χ0) is 23.7. The van der Waals surface area contributed by atoms with E-state index >= 15 is 0 Å². The van der Waals surface area contributed by atoms with Crippen molar-refractivity contribution in [3.05, 3.63) is 69.1 Å². The molecule has 1 atom stereocenters. The van der Waals surface area contributed by atoms with Gasteiger partial charge in [0.15, 0.2) is 11.5 Å². The average Bonchev–Trinajstić information content (AvgIpc) is 3.21. The van der Waals surface area contributed by atoms with E-state index in [9.17, 15) is 9.59 Å². The lowest BCUT2D eigenvalue weighted by Crippen LogP contribution is -2.31. The van der Waals surface area contributed by atoms with Gasteiger partial charge in [-0.1, -0.05) is 37.6 Å². The van der Waals surface area contributed by atoms with Gasteiger partial charge in [-0.15, -0.1) is 0 Å². The van der Waals surface area contributed by atoms with Gasteiger partial charge in [0.25, 0.3) is 11.5 Å². The van der Waals surface area contributed by atoms with Gasteiger partial charge in [0.05, 0.1) is 31.2 Å². The molecule has 1 amide bonds. The van der Waals surface area contributed by atoms with Crippen LogP contribution in [0.4, 0.5) is 0 Å². The molecular formula is C27H32N2O4. The summed E-state index contributed by atoms with van der Waals surface area (Å²) >= 11 is 0. The van der Waals surface area contributed by atoms with Crippen LogP contribution in [0.1, 0.15) is 72.2 Å². The smallest absolute Gasteiger partial charge is 0.258 e. The number of ether oxygens (including phenoxy) is 2. The Morgan fingerprint density at radius 1 is 1.09 bits per heavy atom. The van der Waals surface area contributed by atoms with E-state index in [2.05, 4.69) is 44.3 Å². The quantitative estimate of drug-likeness (QED) is 0.546. The second kappa shape index (κ2) is 9.30. The molecule has 1 N–H and O–H groups in total. The molecule has 6 nitrogen and oxygen atoms in total. The first-order valence-electron chi connectivity index (χ1n) is 11.6. The number of aromatic nitrogens is 1. The summed E-state index contributed by atoms with van der Waals surface area (Å²) < 4.78 is 12.6. The largest absolute Gasteiger partial charge is 0.493 e. The van der Waals surface area contributed by atoms with Crippen molar-refractivity contribution in [1.29, 1.82) is 0 Å². The van der Waals surface area contributed by atoms with Crippen molar-refractivity contribution >= 4 is 16.7 Å². The fraction of sp³-hybridized carbons (Fsp3) is 0.407. The van der Waals surface area contributed by atoms with Crippen molar-refractivity contribution in [2.45, 2.75) is 58.5 Å². The Morgan fingerprint density at radius 2 is 1.76 bits per heavy atom. The van der Waals surface area contributed by atoms with E-state index in [1.165, 1.54) is 16.7 Å². The molecular weight excluding hydrogens is 416 g/mol. The molecule has 2 aromatic carbocycles. The molecule has 3 aromatic rings. The highest BCUT2D eigenvalue weighted by atomic mass is 16.5. The van der Waals surface area contributed by atoms with Crippen LogP contribution in [0.5, 0.6) is 11.5 Å². The van der Waals surface area contributed by atoms with E-state index in [-0.39, 0.29) is 23.6 Å². The topological polar surface area (TPSA) is 69.6 Å². The van der Waals surface area contributed by atoms with Gasteiger partial charge in [-0.05, 0) is 55.9 Å². The average molecular weight is 449 g/mol. The molecule has 4 rings (SSSR count). The van der Waals surface area contributed by atoms with Crippen LogP contribution >= 0.6 is 0 Å². The van der Waals surface area contributed by atoms with Crippen LogP contribution in [0.2, 0.25) is 0 Å². The van der Waals surface area contributed by atoms with Gasteiger partial charge < -0.3 is 19.4 Å². The second-order valence-corrected chi connectivity index (χ2v) is 8.75. The molecule has 0 bridgehead atoms. The molecule has 0 saturated heterocycles. The van der Waals surface area contributed by atoms with E-state index in [0.717, 1.165) is 25.7 Å². The van der Waals surface area contributed by atoms with Crippen molar-refractivity contribution in [1.82, 2.24) is 9.88 Å². The Balaban J connectivity index is 1.85. The molecule has 1 aliphatic carbocycles. The molecule has 0 aliphatic heterocycles. The first-order chi connectivity index (χ1) is 15.9. The van der Waals surface area contributed by atoms with Gasteiger partial charge in [-0.25, -0.2) is 0 Å². The van der Waals surface area contributed by atoms with Gasteiger partial charge in [-0.2, -0.15) is 0 Å². The Hall–Kier alpha value is -3.28. The number of carbonyl (C=O) groups is 1. The third-order valence-corrected chi connectivity index (χ3v) is 6.81. The van der Waals surface area contributed by atoms with E-state index in [4.69, 9.17) is 9.47 Å². The van der Waals surface area contributed by atoms with Crippen LogP contribution in [-0.2, 0) is 6.42 Å². The lowest BCUT2D eigenvalue weighted by Gasteiger charge is -2.21. The number of benzene rings is 2. The van der Waals surface area contributed by atoms with Gasteiger partial charge in [-0.3, -0.25) is 9.59 Å². The van der Waals surface area contributed by atoms with E-state index < -0.39 is 0 Å². The summed E-state index contributed by atoms with van der Waals surface area (Å²) in [6.07, 6.45) is 5.12. The number of carbonyl (C=O) groups excluding carboxylic acids is 1. The maximum Gasteiger partial charge on any atom is 0.258 e. The number of amides is 1. The van der Waals surface area contributed by atoms with Crippen LogP contribution in [0.15, 0.2) is 41.3 Å². The molecule has 6 heteroatoms. The second-order valence-electron chi connectivity index (χ2n) is 8.75. The number of pyridine rings is 1. The molecule has 1 unspecified atom stereocenters. The highest BCUT2D eigenvalue weighted by Gasteiger charge is 2.26. The maximum absolute atomic E-state index is 13.6. The molecule has 0 radical (unpaired) electrons. The van der Waals surface area contributed by atoms with Crippen molar-refractivity contribution in [2.75, 3.05) is 14.2 Å². The summed E-state index contributed by atoms with van der Waals surface area (Å²) in [6.45, 7) is 6.17. The highest BCUT2D eigenvalue weighted by molar-refractivity contribution is 6.07. The summed E-state index contributed by atoms with van der Waals surface area (Å²) in [5.41, 5.74) is 3.99. The van der Waals surface area contributed by atoms with Gasteiger partial charge in [0.2, 0.25) is 0 Å². The number of rotatable bonds is 7. The van der Waals surface area contributed by atoms with Crippen molar-refractivity contribution in [3.63, 3.8) is 0 Å². The van der Waals surface area contributed by atoms with Crippen LogP contribution in [0, 0.1) is 6.92 Å². The molecule has 1 aliphatic rings. The lowest BCUT2D eigenvalue weighted by molar-refractivity contribution is 0.0937. The minimum absolute atomic E-state index is 0.0106. The van der Waals surface area contributed by atoms with Gasteiger partial charge in [0.1, 0.15) is 0 Å². The SMILES string of the molecule is CCC(CC)n1cc(C(=O)NC2CCc3ccc(C)cc32)c2cc(OC)c(OC)cc2c1=O. The summed E-state index contributed by atoms with van der Waals surface area (Å²) in [4.78, 5) is 27.0. The summed E-state index contributed by atoms with van der Waals surface area (Å²) in [5, 5.41) is 4.25. The van der Waals surface area contributed by atoms with E-state index in [1.807, 2.05) is 0 Å². The Labute approximate surface area is 194 Å². The molecule has 1 heterocycles. The minimum atomic E-state index is -0.189. The lowest BCUT2D eigenvalue weighted by atomic mass is 10.0. The number of hydrogen-bond acceptors (Lipinski definition) is 4. The van der Waals surface area contributed by atoms with Gasteiger partial charge in [0, 0.05) is 17.6 Å². The fourth-order valence-electron chi connectivity index (χ4n) is 4.93. The third kappa shape index (κ3) is 4.10. The molecule has 0 fully saturated rings. The van der Waals surface area contributed by atoms with Crippen LogP contribution < -0.4 is 20.3 Å². The first kappa shape index (κ1) is 22.9. The molecule has 1 aromatic heterocycles.